The highest BCUT2D eigenvalue weighted by atomic mass is 79.9. The summed E-state index contributed by atoms with van der Waals surface area (Å²) in [4.78, 5) is 0. The summed E-state index contributed by atoms with van der Waals surface area (Å²) in [6, 6.07) is 33.8. The Morgan fingerprint density at radius 3 is 1.34 bits per heavy atom. The summed E-state index contributed by atoms with van der Waals surface area (Å²) >= 11 is 0. The highest BCUT2D eigenvalue weighted by Crippen LogP contribution is 2.55. The van der Waals surface area contributed by atoms with Crippen LogP contribution < -0.4 is 32.9 Å². The molecule has 0 saturated carbocycles. The van der Waals surface area contributed by atoms with Gasteiger partial charge in [-0.1, -0.05) is 138 Å². The van der Waals surface area contributed by atoms with Crippen LogP contribution in [-0.2, 0) is 9.47 Å². The summed E-state index contributed by atoms with van der Waals surface area (Å²) in [7, 11) is -1.72. The van der Waals surface area contributed by atoms with Gasteiger partial charge in [0.2, 0.25) is 0 Å². The van der Waals surface area contributed by atoms with Gasteiger partial charge in [0.1, 0.15) is 23.2 Å². The molecule has 0 aliphatic heterocycles. The minimum atomic E-state index is -1.72. The van der Waals surface area contributed by atoms with E-state index < -0.39 is 7.26 Å². The van der Waals surface area contributed by atoms with E-state index in [0.29, 0.717) is 0 Å². The summed E-state index contributed by atoms with van der Waals surface area (Å²) in [5, 5.41) is 4.45. The fourth-order valence-corrected chi connectivity index (χ4v) is 10.7. The standard InChI is InChI=1S/C43H64O2P.BrH/c1-3-5-7-14-27-37-44-43(45-38-28-15-8-6-4-2)36-26-13-11-9-10-12-16-29-39-46(40-30-20-17-21-31-40,41-32-22-18-23-33-41)42-34-24-19-25-35-42;/h10,12,17-25,30-35,43H,3-9,11,13-16,26-29,36-39H2,1-2H3;1H/q+1;/p-1/b12-10+;. The predicted molar refractivity (Wildman–Crippen MR) is 205 cm³/mol. The second-order valence-electron chi connectivity index (χ2n) is 12.8. The van der Waals surface area contributed by atoms with E-state index in [4.69, 9.17) is 9.47 Å². The van der Waals surface area contributed by atoms with Crippen LogP contribution in [0.5, 0.6) is 0 Å². The average molecular weight is 724 g/mol. The molecule has 3 aromatic carbocycles. The number of ether oxygens (including phenoxy) is 2. The third-order valence-corrected chi connectivity index (χ3v) is 13.6. The summed E-state index contributed by atoms with van der Waals surface area (Å²) in [5.74, 6) is 0. The van der Waals surface area contributed by atoms with Crippen molar-refractivity contribution in [2.75, 3.05) is 19.4 Å². The molecule has 3 aromatic rings. The molecule has 4 heteroatoms. The number of unbranched alkanes of at least 4 members (excludes halogenated alkanes) is 12. The van der Waals surface area contributed by atoms with Crippen molar-refractivity contribution >= 4 is 23.2 Å². The normalized spacial score (nSPS) is 11.7. The third-order valence-electron chi connectivity index (χ3n) is 9.04. The van der Waals surface area contributed by atoms with E-state index in [1.165, 1.54) is 99.1 Å². The van der Waals surface area contributed by atoms with E-state index in [1.54, 1.807) is 0 Å². The summed E-state index contributed by atoms with van der Waals surface area (Å²) in [6.45, 7) is 6.23. The van der Waals surface area contributed by atoms with E-state index in [2.05, 4.69) is 117 Å². The Kier molecular flexibility index (Phi) is 23.9. The van der Waals surface area contributed by atoms with Gasteiger partial charge in [0.15, 0.2) is 6.29 Å². The van der Waals surface area contributed by atoms with Crippen molar-refractivity contribution in [3.05, 3.63) is 103 Å². The molecule has 0 amide bonds. The van der Waals surface area contributed by atoms with Crippen LogP contribution in [-0.4, -0.2) is 25.7 Å². The molecular formula is C43H64BrO2P. The van der Waals surface area contributed by atoms with E-state index in [0.717, 1.165) is 45.3 Å². The monoisotopic (exact) mass is 722 g/mol. The topological polar surface area (TPSA) is 18.5 Å². The molecule has 0 unspecified atom stereocenters. The van der Waals surface area contributed by atoms with Crippen molar-refractivity contribution < 1.29 is 26.5 Å². The molecule has 3 rings (SSSR count). The summed E-state index contributed by atoms with van der Waals surface area (Å²) in [5.41, 5.74) is 0. The van der Waals surface area contributed by atoms with Crippen LogP contribution in [0.2, 0.25) is 0 Å². The quantitative estimate of drug-likeness (QED) is 0.0340. The lowest BCUT2D eigenvalue weighted by atomic mass is 10.1. The Balaban J connectivity index is 0.00000768. The molecule has 0 atom stereocenters. The molecule has 0 N–H and O–H groups in total. The van der Waals surface area contributed by atoms with Gasteiger partial charge in [0.25, 0.3) is 0 Å². The molecule has 0 aliphatic carbocycles. The number of rotatable bonds is 27. The smallest absolute Gasteiger partial charge is 0.157 e. The molecule has 260 valence electrons. The molecule has 2 nitrogen and oxygen atoms in total. The van der Waals surface area contributed by atoms with Gasteiger partial charge in [-0.3, -0.25) is 0 Å². The van der Waals surface area contributed by atoms with E-state index >= 15 is 0 Å². The second kappa shape index (κ2) is 27.1. The van der Waals surface area contributed by atoms with E-state index in [-0.39, 0.29) is 23.3 Å². The van der Waals surface area contributed by atoms with Crippen molar-refractivity contribution in [2.24, 2.45) is 0 Å². The van der Waals surface area contributed by atoms with Crippen LogP contribution in [0.25, 0.3) is 0 Å². The van der Waals surface area contributed by atoms with Gasteiger partial charge in [-0.2, -0.15) is 0 Å². The minimum Gasteiger partial charge on any atom is -1.00 e. The lowest BCUT2D eigenvalue weighted by molar-refractivity contribution is -0.148. The molecule has 0 saturated heterocycles. The van der Waals surface area contributed by atoms with Gasteiger partial charge in [0.05, 0.1) is 6.16 Å². The number of halogens is 1. The fourth-order valence-electron chi connectivity index (χ4n) is 6.37. The molecule has 0 bridgehead atoms. The molecule has 0 heterocycles. The van der Waals surface area contributed by atoms with Gasteiger partial charge in [-0.05, 0) is 87.8 Å². The SMILES string of the molecule is CCCCCCCOC(CCCCC/C=C/CCC[P+](c1ccccc1)(c1ccccc1)c1ccccc1)OCCCCCCC.[Br-]. The van der Waals surface area contributed by atoms with Crippen LogP contribution in [0.4, 0.5) is 0 Å². The lowest BCUT2D eigenvalue weighted by Crippen LogP contribution is -3.00. The Morgan fingerprint density at radius 2 is 0.894 bits per heavy atom. The first-order valence-corrected chi connectivity index (χ1v) is 20.7. The Labute approximate surface area is 300 Å². The number of allylic oxidation sites excluding steroid dienone is 2. The average Bonchev–Trinajstić information content (AvgIpc) is 3.11. The lowest BCUT2D eigenvalue weighted by Gasteiger charge is -2.27. The molecule has 0 aromatic heterocycles. The van der Waals surface area contributed by atoms with E-state index in [1.807, 2.05) is 0 Å². The van der Waals surface area contributed by atoms with Crippen LogP contribution in [0.3, 0.4) is 0 Å². The highest BCUT2D eigenvalue weighted by Gasteiger charge is 2.44. The van der Waals surface area contributed by atoms with E-state index in [9.17, 15) is 0 Å². The number of benzene rings is 3. The zero-order valence-electron chi connectivity index (χ0n) is 29.7. The first-order chi connectivity index (χ1) is 22.8. The van der Waals surface area contributed by atoms with Crippen LogP contribution in [0.1, 0.15) is 123 Å². The fraction of sp³-hybridized carbons (Fsp3) is 0.535. The Morgan fingerprint density at radius 1 is 0.489 bits per heavy atom. The highest BCUT2D eigenvalue weighted by molar-refractivity contribution is 7.95. The van der Waals surface area contributed by atoms with Gasteiger partial charge < -0.3 is 26.5 Å². The van der Waals surface area contributed by atoms with Crippen molar-refractivity contribution in [2.45, 2.75) is 129 Å². The number of hydrogen-bond donors (Lipinski definition) is 0. The minimum absolute atomic E-state index is 0. The number of hydrogen-bond acceptors (Lipinski definition) is 2. The maximum atomic E-state index is 6.21. The molecule has 0 fully saturated rings. The Bertz CT molecular complexity index is 1030. The van der Waals surface area contributed by atoms with Gasteiger partial charge in [0, 0.05) is 13.2 Å². The van der Waals surface area contributed by atoms with Crippen molar-refractivity contribution in [1.29, 1.82) is 0 Å². The maximum Gasteiger partial charge on any atom is 0.157 e. The van der Waals surface area contributed by atoms with Gasteiger partial charge in [-0.15, -0.1) is 0 Å². The zero-order chi connectivity index (χ0) is 32.4. The maximum absolute atomic E-state index is 6.21. The Hall–Kier alpha value is -1.77. The second-order valence-corrected chi connectivity index (χ2v) is 16.4. The zero-order valence-corrected chi connectivity index (χ0v) is 32.2. The third kappa shape index (κ3) is 16.0. The van der Waals surface area contributed by atoms with Crippen molar-refractivity contribution in [3.63, 3.8) is 0 Å². The molecule has 0 aliphatic rings. The summed E-state index contributed by atoms with van der Waals surface area (Å²) in [6.07, 6.45) is 27.0. The molecule has 47 heavy (non-hydrogen) atoms. The first-order valence-electron chi connectivity index (χ1n) is 18.7. The molecule has 0 spiro atoms. The molecule has 0 radical (unpaired) electrons. The van der Waals surface area contributed by atoms with Crippen molar-refractivity contribution in [3.8, 4) is 0 Å². The van der Waals surface area contributed by atoms with Crippen LogP contribution in [0, 0.1) is 0 Å². The first kappa shape index (κ1) is 41.4. The van der Waals surface area contributed by atoms with Gasteiger partial charge >= 0.3 is 0 Å². The van der Waals surface area contributed by atoms with Crippen LogP contribution >= 0.6 is 7.26 Å². The molecular weight excluding hydrogens is 659 g/mol. The summed E-state index contributed by atoms with van der Waals surface area (Å²) < 4.78 is 12.4. The van der Waals surface area contributed by atoms with Gasteiger partial charge in [-0.25, -0.2) is 0 Å². The van der Waals surface area contributed by atoms with Crippen molar-refractivity contribution in [1.82, 2.24) is 0 Å². The van der Waals surface area contributed by atoms with Crippen LogP contribution in [0.15, 0.2) is 103 Å². The largest absolute Gasteiger partial charge is 1.00 e. The predicted octanol–water partition coefficient (Wildman–Crippen LogP) is 8.57.